The predicted octanol–water partition coefficient (Wildman–Crippen LogP) is -0.325. The Morgan fingerprint density at radius 3 is 1.05 bits per heavy atom. The molecular weight excluding hydrogens is 426 g/mol. The Hall–Kier alpha value is -1.04. The SMILES string of the molecule is O=C(O)C[As](CC(=O)O)CC(O)C[As](CC(=O)O)CC(=O)O. The molecule has 0 rings (SSSR count). The number of aliphatic hydroxyl groups is 1. The molecule has 0 aliphatic carbocycles. The van der Waals surface area contributed by atoms with Crippen LogP contribution in [0, 0.1) is 0 Å². The molecule has 22 heavy (non-hydrogen) atoms. The Morgan fingerprint density at radius 2 is 0.864 bits per heavy atom. The molecule has 0 aliphatic heterocycles. The van der Waals surface area contributed by atoms with Gasteiger partial charge in [0.1, 0.15) is 0 Å². The molecule has 0 heterocycles. The Kier molecular flexibility index (Phi) is 10.1. The van der Waals surface area contributed by atoms with Crippen LogP contribution in [0.1, 0.15) is 0 Å². The third-order valence-corrected chi connectivity index (χ3v) is 12.3. The summed E-state index contributed by atoms with van der Waals surface area (Å²) >= 11 is -4.66. The van der Waals surface area contributed by atoms with Crippen LogP contribution in [0.15, 0.2) is 0 Å². The monoisotopic (exact) mass is 444 g/mol. The average molecular weight is 444 g/mol. The van der Waals surface area contributed by atoms with E-state index in [1.165, 1.54) is 0 Å². The summed E-state index contributed by atoms with van der Waals surface area (Å²) in [5.74, 6) is -4.50. The van der Waals surface area contributed by atoms with Crippen LogP contribution in [0.3, 0.4) is 0 Å². The molecule has 0 saturated heterocycles. The molecule has 126 valence electrons. The molecule has 0 bridgehead atoms. The van der Waals surface area contributed by atoms with Crippen molar-refractivity contribution in [2.45, 2.75) is 37.4 Å². The third-order valence-electron chi connectivity index (χ3n) is 2.37. The number of hydrogen-bond donors (Lipinski definition) is 5. The van der Waals surface area contributed by atoms with E-state index < -0.39 is 59.3 Å². The normalized spacial score (nSPS) is 11.1. The summed E-state index contributed by atoms with van der Waals surface area (Å²) in [6, 6.07) is 0. The number of rotatable bonds is 12. The average Bonchev–Trinajstić information content (AvgIpc) is 2.23. The van der Waals surface area contributed by atoms with Crippen molar-refractivity contribution in [1.82, 2.24) is 0 Å². The molecule has 0 aromatic rings. The molecule has 0 fully saturated rings. The van der Waals surface area contributed by atoms with Crippen LogP contribution >= 0.6 is 0 Å². The standard InChI is InChI=1S/C11H18As2O9/c14-7(1-12(3-8(15)16)4-9(17)18)2-13(5-10(19)20)6-11(21)22/h7,14H,1-6H2,(H,15,16)(H,17,18)(H,19,20)(H,21,22). The minimum atomic E-state index is -2.33. The fourth-order valence-corrected chi connectivity index (χ4v) is 10.6. The van der Waals surface area contributed by atoms with Crippen molar-refractivity contribution in [2.75, 3.05) is 0 Å². The Labute approximate surface area is 135 Å². The van der Waals surface area contributed by atoms with Crippen LogP contribution in [0.4, 0.5) is 0 Å². The molecule has 0 amide bonds. The van der Waals surface area contributed by atoms with Gasteiger partial charge in [-0.2, -0.15) is 0 Å². The van der Waals surface area contributed by atoms with Crippen LogP contribution in [0.25, 0.3) is 0 Å². The first-order chi connectivity index (χ1) is 10.1. The van der Waals surface area contributed by atoms with E-state index in [2.05, 4.69) is 0 Å². The second-order valence-electron chi connectivity index (χ2n) is 4.57. The van der Waals surface area contributed by atoms with Gasteiger partial charge in [0.05, 0.1) is 0 Å². The van der Waals surface area contributed by atoms with Gasteiger partial charge >= 0.3 is 135 Å². The van der Waals surface area contributed by atoms with Crippen molar-refractivity contribution in [1.29, 1.82) is 0 Å². The maximum absolute atomic E-state index is 10.7. The van der Waals surface area contributed by atoms with Gasteiger partial charge in [0.15, 0.2) is 0 Å². The van der Waals surface area contributed by atoms with Crippen LogP contribution < -0.4 is 0 Å². The summed E-state index contributed by atoms with van der Waals surface area (Å²) in [6.07, 6.45) is -1.03. The van der Waals surface area contributed by atoms with Gasteiger partial charge in [0, 0.05) is 0 Å². The fraction of sp³-hybridized carbons (Fsp3) is 0.636. The van der Waals surface area contributed by atoms with E-state index >= 15 is 0 Å². The second kappa shape index (κ2) is 10.6. The van der Waals surface area contributed by atoms with E-state index in [4.69, 9.17) is 20.4 Å². The van der Waals surface area contributed by atoms with Crippen LogP contribution in [0.2, 0.25) is 31.3 Å². The molecule has 11 heteroatoms. The van der Waals surface area contributed by atoms with Gasteiger partial charge in [-0.3, -0.25) is 0 Å². The summed E-state index contributed by atoms with van der Waals surface area (Å²) < 4.78 is 0. The zero-order chi connectivity index (χ0) is 17.3. The summed E-state index contributed by atoms with van der Waals surface area (Å²) in [6.45, 7) is 0. The van der Waals surface area contributed by atoms with Crippen molar-refractivity contribution >= 4 is 53.2 Å². The first kappa shape index (κ1) is 21.0. The molecular formula is C11H18As2O9. The fourth-order valence-electron chi connectivity index (χ4n) is 1.79. The number of carbonyl (C=O) groups is 4. The van der Waals surface area contributed by atoms with E-state index in [9.17, 15) is 24.3 Å². The van der Waals surface area contributed by atoms with E-state index in [-0.39, 0.29) is 31.3 Å². The van der Waals surface area contributed by atoms with Gasteiger partial charge in [-0.1, -0.05) is 0 Å². The summed E-state index contributed by atoms with van der Waals surface area (Å²) in [5.41, 5.74) is 0. The van der Waals surface area contributed by atoms with E-state index in [0.29, 0.717) is 0 Å². The van der Waals surface area contributed by atoms with E-state index in [1.807, 2.05) is 0 Å². The number of aliphatic hydroxyl groups excluding tert-OH is 1. The van der Waals surface area contributed by atoms with Gasteiger partial charge in [-0.05, 0) is 0 Å². The first-order valence-electron chi connectivity index (χ1n) is 6.10. The van der Waals surface area contributed by atoms with Crippen LogP contribution in [-0.4, -0.2) is 84.8 Å². The van der Waals surface area contributed by atoms with Crippen molar-refractivity contribution in [2.24, 2.45) is 0 Å². The number of hydrogen-bond acceptors (Lipinski definition) is 5. The molecule has 0 spiro atoms. The van der Waals surface area contributed by atoms with Crippen molar-refractivity contribution < 1.29 is 44.7 Å². The molecule has 0 radical (unpaired) electrons. The van der Waals surface area contributed by atoms with Crippen LogP contribution in [-0.2, 0) is 19.2 Å². The number of aliphatic carboxylic acids is 4. The Morgan fingerprint density at radius 1 is 0.636 bits per heavy atom. The third kappa shape index (κ3) is 11.6. The number of carboxylic acids is 4. The van der Waals surface area contributed by atoms with E-state index in [1.54, 1.807) is 0 Å². The molecule has 0 atom stereocenters. The molecule has 0 unspecified atom stereocenters. The summed E-state index contributed by atoms with van der Waals surface area (Å²) in [5, 5.41) is 43.9. The summed E-state index contributed by atoms with van der Waals surface area (Å²) in [7, 11) is 0. The molecule has 0 aromatic heterocycles. The Balaban J connectivity index is 4.63. The van der Waals surface area contributed by atoms with Gasteiger partial charge in [-0.15, -0.1) is 0 Å². The second-order valence-corrected chi connectivity index (χ2v) is 14.4. The minimum absolute atomic E-state index is 0.0378. The summed E-state index contributed by atoms with van der Waals surface area (Å²) in [4.78, 5) is 42.8. The van der Waals surface area contributed by atoms with Crippen molar-refractivity contribution in [3.05, 3.63) is 0 Å². The van der Waals surface area contributed by atoms with Gasteiger partial charge in [0.25, 0.3) is 0 Å². The first-order valence-corrected chi connectivity index (χ1v) is 14.1. The zero-order valence-corrected chi connectivity index (χ0v) is 15.3. The van der Waals surface area contributed by atoms with Gasteiger partial charge in [-0.25, -0.2) is 0 Å². The Bertz CT molecular complexity index is 356. The van der Waals surface area contributed by atoms with Gasteiger partial charge < -0.3 is 0 Å². The molecule has 9 nitrogen and oxygen atoms in total. The molecule has 0 aromatic carbocycles. The maximum atomic E-state index is 10.7. The molecule has 0 saturated carbocycles. The zero-order valence-electron chi connectivity index (χ0n) is 11.6. The number of carboxylic acid groups (broad SMARTS) is 4. The quantitative estimate of drug-likeness (QED) is 0.253. The molecule has 0 aliphatic rings. The van der Waals surface area contributed by atoms with Gasteiger partial charge in [0.2, 0.25) is 0 Å². The van der Waals surface area contributed by atoms with Crippen molar-refractivity contribution in [3.63, 3.8) is 0 Å². The van der Waals surface area contributed by atoms with E-state index in [0.717, 1.165) is 0 Å². The van der Waals surface area contributed by atoms with Crippen molar-refractivity contribution in [3.8, 4) is 0 Å². The topological polar surface area (TPSA) is 169 Å². The predicted molar refractivity (Wildman–Crippen MR) is 76.9 cm³/mol. The molecule has 5 N–H and O–H groups in total. The van der Waals surface area contributed by atoms with Crippen LogP contribution in [0.5, 0.6) is 0 Å².